The number of likely N-dealkylation sites (tertiary alicyclic amines) is 2. The summed E-state index contributed by atoms with van der Waals surface area (Å²) in [4.78, 5) is 37.0. The third-order valence-corrected chi connectivity index (χ3v) is 5.03. The molecule has 1 aromatic heterocycles. The van der Waals surface area contributed by atoms with Gasteiger partial charge in [0.15, 0.2) is 0 Å². The number of hydrogen-bond acceptors (Lipinski definition) is 6. The lowest BCUT2D eigenvalue weighted by Gasteiger charge is -2.42. The van der Waals surface area contributed by atoms with Gasteiger partial charge in [0.2, 0.25) is 0 Å². The summed E-state index contributed by atoms with van der Waals surface area (Å²) in [5.41, 5.74) is -0.522. The Morgan fingerprint density at radius 1 is 1.23 bits per heavy atom. The number of aromatic nitrogens is 2. The fraction of sp³-hybridized carbons (Fsp3) is 0.684. The van der Waals surface area contributed by atoms with Gasteiger partial charge in [-0.15, -0.1) is 0 Å². The third-order valence-electron chi connectivity index (χ3n) is 5.03. The predicted molar refractivity (Wildman–Crippen MR) is 96.5 cm³/mol. The molecule has 0 saturated carbocycles. The van der Waals surface area contributed by atoms with Crippen LogP contribution in [0.25, 0.3) is 0 Å². The molecule has 26 heavy (non-hydrogen) atoms. The van der Waals surface area contributed by atoms with Crippen molar-refractivity contribution < 1.29 is 14.3 Å². The Bertz CT molecular complexity index is 631. The fourth-order valence-corrected chi connectivity index (χ4v) is 3.90. The van der Waals surface area contributed by atoms with Crippen molar-refractivity contribution in [1.29, 1.82) is 0 Å². The van der Waals surface area contributed by atoms with Gasteiger partial charge in [0.05, 0.1) is 12.2 Å². The van der Waals surface area contributed by atoms with Crippen LogP contribution in [0.2, 0.25) is 0 Å². The number of carbonyl (C=O) groups is 2. The van der Waals surface area contributed by atoms with Crippen LogP contribution in [0.4, 0.5) is 4.79 Å². The summed E-state index contributed by atoms with van der Waals surface area (Å²) in [6, 6.07) is 1.57. The van der Waals surface area contributed by atoms with Gasteiger partial charge in [0, 0.05) is 31.4 Å². The standard InChI is InChI=1S/C19H28N4O3/c1-19(2,3)26-18(25)23-10-4-6-16(23)22-11-7-14(12-15(22)13-24)17-20-8-5-9-21-17/h5,8-9,13-16H,4,6-7,10-12H2,1-3H3/t14-,15-,16-/m0/s1. The van der Waals surface area contributed by atoms with E-state index in [0.29, 0.717) is 13.0 Å². The Kier molecular flexibility index (Phi) is 5.55. The highest BCUT2D eigenvalue weighted by Crippen LogP contribution is 2.33. The molecule has 0 spiro atoms. The Labute approximate surface area is 154 Å². The van der Waals surface area contributed by atoms with E-state index >= 15 is 0 Å². The maximum Gasteiger partial charge on any atom is 0.411 e. The van der Waals surface area contributed by atoms with E-state index in [0.717, 1.165) is 37.9 Å². The smallest absolute Gasteiger partial charge is 0.411 e. The van der Waals surface area contributed by atoms with Crippen LogP contribution >= 0.6 is 0 Å². The predicted octanol–water partition coefficient (Wildman–Crippen LogP) is 2.58. The number of hydrogen-bond donors (Lipinski definition) is 0. The van der Waals surface area contributed by atoms with Crippen molar-refractivity contribution in [3.8, 4) is 0 Å². The number of ether oxygens (including phenoxy) is 1. The minimum absolute atomic E-state index is 0.0716. The lowest BCUT2D eigenvalue weighted by molar-refractivity contribution is -0.116. The summed E-state index contributed by atoms with van der Waals surface area (Å²) in [7, 11) is 0. The Morgan fingerprint density at radius 2 is 1.96 bits per heavy atom. The zero-order valence-electron chi connectivity index (χ0n) is 15.8. The van der Waals surface area contributed by atoms with Crippen LogP contribution in [0.1, 0.15) is 58.2 Å². The van der Waals surface area contributed by atoms with E-state index in [1.807, 2.05) is 20.8 Å². The number of amides is 1. The number of piperidine rings is 1. The molecule has 7 nitrogen and oxygen atoms in total. The van der Waals surface area contributed by atoms with Gasteiger partial charge in [0.25, 0.3) is 0 Å². The summed E-state index contributed by atoms with van der Waals surface area (Å²) >= 11 is 0. The van der Waals surface area contributed by atoms with Gasteiger partial charge in [-0.2, -0.15) is 0 Å². The van der Waals surface area contributed by atoms with E-state index in [4.69, 9.17) is 4.74 Å². The van der Waals surface area contributed by atoms with E-state index in [1.54, 1.807) is 23.4 Å². The Balaban J connectivity index is 1.70. The van der Waals surface area contributed by atoms with Crippen molar-refractivity contribution in [2.24, 2.45) is 0 Å². The van der Waals surface area contributed by atoms with Crippen molar-refractivity contribution >= 4 is 12.4 Å². The van der Waals surface area contributed by atoms with E-state index in [1.165, 1.54) is 0 Å². The molecular formula is C19H28N4O3. The SMILES string of the molecule is CC(C)(C)OC(=O)N1CCC[C@H]1N1CC[C@H](c2ncccn2)C[C@H]1C=O. The van der Waals surface area contributed by atoms with E-state index in [-0.39, 0.29) is 24.2 Å². The molecule has 2 aliphatic rings. The minimum Gasteiger partial charge on any atom is -0.444 e. The van der Waals surface area contributed by atoms with Crippen LogP contribution < -0.4 is 0 Å². The number of nitrogens with zero attached hydrogens (tertiary/aromatic N) is 4. The monoisotopic (exact) mass is 360 g/mol. The molecule has 3 rings (SSSR count). The number of aldehydes is 1. The molecule has 3 heterocycles. The van der Waals surface area contributed by atoms with E-state index < -0.39 is 5.60 Å². The molecule has 3 atom stereocenters. The quantitative estimate of drug-likeness (QED) is 0.771. The lowest BCUT2D eigenvalue weighted by atomic mass is 9.90. The topological polar surface area (TPSA) is 75.6 Å². The molecular weight excluding hydrogens is 332 g/mol. The maximum atomic E-state index is 12.6. The second-order valence-corrected chi connectivity index (χ2v) is 8.07. The first-order valence-corrected chi connectivity index (χ1v) is 9.36. The summed E-state index contributed by atoms with van der Waals surface area (Å²) in [5, 5.41) is 0. The molecule has 1 aromatic rings. The number of rotatable bonds is 3. The van der Waals surface area contributed by atoms with Crippen molar-refractivity contribution in [3.05, 3.63) is 24.3 Å². The summed E-state index contributed by atoms with van der Waals surface area (Å²) in [6.07, 6.45) is 7.49. The van der Waals surface area contributed by atoms with Crippen LogP contribution in [0.15, 0.2) is 18.5 Å². The zero-order chi connectivity index (χ0) is 18.7. The molecule has 142 valence electrons. The van der Waals surface area contributed by atoms with Gasteiger partial charge >= 0.3 is 6.09 Å². The minimum atomic E-state index is -0.522. The Hall–Kier alpha value is -2.02. The van der Waals surface area contributed by atoms with Gasteiger partial charge in [-0.1, -0.05) is 0 Å². The van der Waals surface area contributed by atoms with Gasteiger partial charge in [-0.25, -0.2) is 14.8 Å². The summed E-state index contributed by atoms with van der Waals surface area (Å²) < 4.78 is 5.55. The molecule has 7 heteroatoms. The second-order valence-electron chi connectivity index (χ2n) is 8.07. The average Bonchev–Trinajstić information content (AvgIpc) is 3.10. The maximum absolute atomic E-state index is 12.6. The first-order chi connectivity index (χ1) is 12.4. The highest BCUT2D eigenvalue weighted by Gasteiger charge is 2.41. The zero-order valence-corrected chi connectivity index (χ0v) is 15.8. The molecule has 2 aliphatic heterocycles. The normalized spacial score (nSPS) is 27.3. The van der Waals surface area contributed by atoms with Crippen molar-refractivity contribution in [2.45, 2.75) is 70.2 Å². The summed E-state index contributed by atoms with van der Waals surface area (Å²) in [5.74, 6) is 0.980. The second kappa shape index (κ2) is 7.70. The van der Waals surface area contributed by atoms with Gasteiger partial charge in [0.1, 0.15) is 17.7 Å². The third kappa shape index (κ3) is 4.20. The van der Waals surface area contributed by atoms with Crippen LogP contribution in [0.5, 0.6) is 0 Å². The van der Waals surface area contributed by atoms with E-state index in [2.05, 4.69) is 14.9 Å². The molecule has 0 radical (unpaired) electrons. The first kappa shape index (κ1) is 18.8. The largest absolute Gasteiger partial charge is 0.444 e. The Morgan fingerprint density at radius 3 is 2.62 bits per heavy atom. The highest BCUT2D eigenvalue weighted by molar-refractivity contribution is 5.69. The lowest BCUT2D eigenvalue weighted by Crippen LogP contribution is -2.55. The van der Waals surface area contributed by atoms with Crippen molar-refractivity contribution in [1.82, 2.24) is 19.8 Å². The van der Waals surface area contributed by atoms with Gasteiger partial charge in [-0.3, -0.25) is 9.80 Å². The van der Waals surface area contributed by atoms with Crippen molar-refractivity contribution in [3.63, 3.8) is 0 Å². The fourth-order valence-electron chi connectivity index (χ4n) is 3.90. The highest BCUT2D eigenvalue weighted by atomic mass is 16.6. The molecule has 0 aliphatic carbocycles. The molecule has 2 saturated heterocycles. The van der Waals surface area contributed by atoms with Crippen LogP contribution in [-0.4, -0.2) is 63.0 Å². The molecule has 0 aromatic carbocycles. The average molecular weight is 360 g/mol. The number of carbonyl (C=O) groups excluding carboxylic acids is 2. The first-order valence-electron chi connectivity index (χ1n) is 9.36. The molecule has 1 amide bonds. The van der Waals surface area contributed by atoms with E-state index in [9.17, 15) is 9.59 Å². The van der Waals surface area contributed by atoms with Crippen LogP contribution in [0, 0.1) is 0 Å². The molecule has 0 bridgehead atoms. The molecule has 0 unspecified atom stereocenters. The van der Waals surface area contributed by atoms with Gasteiger partial charge in [-0.05, 0) is 52.5 Å². The van der Waals surface area contributed by atoms with Crippen molar-refractivity contribution in [2.75, 3.05) is 13.1 Å². The van der Waals surface area contributed by atoms with Crippen LogP contribution in [0.3, 0.4) is 0 Å². The van der Waals surface area contributed by atoms with Crippen LogP contribution in [-0.2, 0) is 9.53 Å². The summed E-state index contributed by atoms with van der Waals surface area (Å²) in [6.45, 7) is 7.03. The molecule has 2 fully saturated rings. The molecule has 0 N–H and O–H groups in total. The van der Waals surface area contributed by atoms with Gasteiger partial charge < -0.3 is 9.53 Å².